The van der Waals surface area contributed by atoms with Crippen LogP contribution in [0.3, 0.4) is 0 Å². The number of aromatic nitrogens is 6. The number of pyridine rings is 1. The molecule has 3 heterocycles. The van der Waals surface area contributed by atoms with Gasteiger partial charge in [-0.3, -0.25) is 4.98 Å². The molecule has 10 heteroatoms. The molecule has 0 bridgehead atoms. The number of tetrazole rings is 1. The van der Waals surface area contributed by atoms with E-state index in [-0.39, 0.29) is 17.0 Å². The molecule has 174 valence electrons. The molecule has 0 aliphatic heterocycles. The molecule has 0 saturated heterocycles. The Morgan fingerprint density at radius 1 is 1.12 bits per heavy atom. The van der Waals surface area contributed by atoms with Crippen LogP contribution in [0.2, 0.25) is 0 Å². The van der Waals surface area contributed by atoms with Gasteiger partial charge in [-0.05, 0) is 72.0 Å². The number of aryl methyl sites for hydroxylation is 2. The van der Waals surface area contributed by atoms with Crippen molar-refractivity contribution < 1.29 is 26.5 Å². The molecule has 4 rings (SSSR count). The molecule has 4 aromatic rings. The van der Waals surface area contributed by atoms with E-state index in [1.54, 1.807) is 33.3 Å². The average Bonchev–Trinajstić information content (AvgIpc) is 3.41. The van der Waals surface area contributed by atoms with E-state index in [0.717, 1.165) is 52.3 Å². The maximum atomic E-state index is 6.00. The van der Waals surface area contributed by atoms with Gasteiger partial charge in [-0.2, -0.15) is 0 Å². The van der Waals surface area contributed by atoms with E-state index >= 15 is 0 Å². The van der Waals surface area contributed by atoms with E-state index in [0.29, 0.717) is 12.4 Å². The Morgan fingerprint density at radius 3 is 2.61 bits per heavy atom. The van der Waals surface area contributed by atoms with Crippen molar-refractivity contribution in [2.24, 2.45) is 0 Å². The third kappa shape index (κ3) is 5.82. The average molecular weight is 530 g/mol. The largest absolute Gasteiger partial charge is 1.00 e. The highest BCUT2D eigenvalue weighted by molar-refractivity contribution is 7.13. The summed E-state index contributed by atoms with van der Waals surface area (Å²) >= 11 is 1.58. The summed E-state index contributed by atoms with van der Waals surface area (Å²) in [6.45, 7) is 12.0. The van der Waals surface area contributed by atoms with Crippen molar-refractivity contribution in [1.29, 1.82) is 0 Å². The lowest BCUT2D eigenvalue weighted by atomic mass is 10.2. The molecule has 0 amide bonds. The number of halogens is 1. The SMILES string of the molecule is CCN(CC)CCOc1cccc(-c2nn(-c3cccnc3)[n+](-c3nc(C)c(C)s3)n2)c1.[Br-]. The smallest absolute Gasteiger partial charge is 0.364 e. The maximum absolute atomic E-state index is 6.00. The number of benzene rings is 1. The molecular formula is C23H28BrN7OS. The Hall–Kier alpha value is -2.69. The molecule has 33 heavy (non-hydrogen) atoms. The zero-order valence-corrected chi connectivity index (χ0v) is 21.7. The van der Waals surface area contributed by atoms with E-state index < -0.39 is 0 Å². The van der Waals surface area contributed by atoms with Crippen LogP contribution in [-0.2, 0) is 0 Å². The maximum Gasteiger partial charge on any atom is 0.364 e. The van der Waals surface area contributed by atoms with Gasteiger partial charge in [0.15, 0.2) is 0 Å². The van der Waals surface area contributed by atoms with Crippen LogP contribution in [0.4, 0.5) is 0 Å². The Morgan fingerprint density at radius 2 is 1.94 bits per heavy atom. The van der Waals surface area contributed by atoms with Crippen molar-refractivity contribution in [3.8, 4) is 28.0 Å². The molecule has 0 fully saturated rings. The molecule has 0 aliphatic rings. The van der Waals surface area contributed by atoms with E-state index in [2.05, 4.69) is 35.6 Å². The summed E-state index contributed by atoms with van der Waals surface area (Å²) in [5.74, 6) is 1.40. The zero-order valence-electron chi connectivity index (χ0n) is 19.3. The monoisotopic (exact) mass is 529 g/mol. The highest BCUT2D eigenvalue weighted by Crippen LogP contribution is 2.22. The number of rotatable bonds is 9. The van der Waals surface area contributed by atoms with E-state index in [1.165, 1.54) is 0 Å². The summed E-state index contributed by atoms with van der Waals surface area (Å²) in [5, 5.41) is 10.3. The Bertz CT molecular complexity index is 1160. The Labute approximate surface area is 208 Å². The number of hydrogen-bond acceptors (Lipinski definition) is 7. The summed E-state index contributed by atoms with van der Waals surface area (Å²) in [7, 11) is 0. The number of hydrogen-bond donors (Lipinski definition) is 0. The van der Waals surface area contributed by atoms with Crippen molar-refractivity contribution in [1.82, 2.24) is 29.9 Å². The molecule has 0 atom stereocenters. The first-order chi connectivity index (χ1) is 15.6. The molecule has 1 aromatic carbocycles. The van der Waals surface area contributed by atoms with Gasteiger partial charge < -0.3 is 26.6 Å². The Kier molecular flexibility index (Phi) is 8.65. The van der Waals surface area contributed by atoms with Crippen LogP contribution in [0, 0.1) is 13.8 Å². The molecular weight excluding hydrogens is 502 g/mol. The van der Waals surface area contributed by atoms with Gasteiger partial charge in [-0.25, -0.2) is 0 Å². The molecule has 0 spiro atoms. The number of likely N-dealkylation sites (N-methyl/N-ethyl adjacent to an activating group) is 1. The van der Waals surface area contributed by atoms with Crippen LogP contribution in [0.5, 0.6) is 5.75 Å². The predicted octanol–water partition coefficient (Wildman–Crippen LogP) is 0.404. The van der Waals surface area contributed by atoms with Crippen molar-refractivity contribution in [2.45, 2.75) is 27.7 Å². The summed E-state index contributed by atoms with van der Waals surface area (Å²) in [6.07, 6.45) is 3.50. The lowest BCUT2D eigenvalue weighted by Gasteiger charge is -2.18. The van der Waals surface area contributed by atoms with E-state index in [4.69, 9.17) is 14.9 Å². The van der Waals surface area contributed by atoms with Crippen LogP contribution in [-0.4, -0.2) is 56.1 Å². The van der Waals surface area contributed by atoms with Gasteiger partial charge in [0.2, 0.25) is 0 Å². The number of thiazole rings is 1. The molecule has 0 unspecified atom stereocenters. The molecule has 3 aromatic heterocycles. The van der Waals surface area contributed by atoms with Crippen molar-refractivity contribution in [3.05, 3.63) is 59.4 Å². The van der Waals surface area contributed by atoms with Crippen LogP contribution in [0.15, 0.2) is 48.8 Å². The lowest BCUT2D eigenvalue weighted by molar-refractivity contribution is -0.734. The first kappa shape index (κ1) is 24.9. The number of ether oxygens (including phenoxy) is 1. The summed E-state index contributed by atoms with van der Waals surface area (Å²) < 4.78 is 6.00. The van der Waals surface area contributed by atoms with Gasteiger partial charge in [0.25, 0.3) is 5.82 Å². The van der Waals surface area contributed by atoms with Crippen LogP contribution in [0.25, 0.3) is 22.2 Å². The van der Waals surface area contributed by atoms with Gasteiger partial charge in [0.1, 0.15) is 23.7 Å². The third-order valence-corrected chi connectivity index (χ3v) is 6.33. The quantitative estimate of drug-likeness (QED) is 0.292. The normalized spacial score (nSPS) is 10.9. The zero-order chi connectivity index (χ0) is 22.5. The predicted molar refractivity (Wildman–Crippen MR) is 125 cm³/mol. The fraction of sp³-hybridized carbons (Fsp3) is 0.348. The highest BCUT2D eigenvalue weighted by Gasteiger charge is 2.25. The number of nitrogens with zero attached hydrogens (tertiary/aromatic N) is 7. The first-order valence-electron chi connectivity index (χ1n) is 10.8. The minimum atomic E-state index is 0. The van der Waals surface area contributed by atoms with Crippen molar-refractivity contribution >= 4 is 11.3 Å². The highest BCUT2D eigenvalue weighted by atomic mass is 79.9. The Balaban J connectivity index is 0.00000306. The fourth-order valence-corrected chi connectivity index (χ4v) is 4.11. The van der Waals surface area contributed by atoms with Crippen LogP contribution in [0.1, 0.15) is 24.4 Å². The van der Waals surface area contributed by atoms with Gasteiger partial charge in [-0.15, -0.1) is 0 Å². The van der Waals surface area contributed by atoms with Crippen LogP contribution < -0.4 is 26.5 Å². The van der Waals surface area contributed by atoms with Gasteiger partial charge >= 0.3 is 5.13 Å². The topological polar surface area (TPSA) is 72.8 Å². The van der Waals surface area contributed by atoms with Crippen LogP contribution >= 0.6 is 11.3 Å². The summed E-state index contributed by atoms with van der Waals surface area (Å²) in [6, 6.07) is 11.7. The molecule has 8 nitrogen and oxygen atoms in total. The molecule has 0 N–H and O–H groups in total. The summed E-state index contributed by atoms with van der Waals surface area (Å²) in [5.41, 5.74) is 2.68. The van der Waals surface area contributed by atoms with E-state index in [1.807, 2.05) is 43.3 Å². The third-order valence-electron chi connectivity index (χ3n) is 5.29. The molecule has 0 aliphatic carbocycles. The molecule has 0 radical (unpaired) electrons. The van der Waals surface area contributed by atoms with Crippen molar-refractivity contribution in [2.75, 3.05) is 26.2 Å². The second kappa shape index (κ2) is 11.4. The minimum absolute atomic E-state index is 0. The van der Waals surface area contributed by atoms with Gasteiger partial charge in [-0.1, -0.05) is 36.2 Å². The van der Waals surface area contributed by atoms with Gasteiger partial charge in [0.05, 0.1) is 6.20 Å². The fourth-order valence-electron chi connectivity index (χ4n) is 3.26. The minimum Gasteiger partial charge on any atom is -1.00 e. The lowest BCUT2D eigenvalue weighted by Crippen LogP contribution is -3.00. The summed E-state index contributed by atoms with van der Waals surface area (Å²) in [4.78, 5) is 15.9. The second-order valence-electron chi connectivity index (χ2n) is 7.35. The van der Waals surface area contributed by atoms with Crippen molar-refractivity contribution in [3.63, 3.8) is 0 Å². The second-order valence-corrected chi connectivity index (χ2v) is 8.54. The standard InChI is InChI=1S/C23H28N7OS.BrH/c1-5-28(6-2)13-14-31-21-11-7-9-19(15-21)22-26-29(20-10-8-12-24-16-20)30(27-22)23-25-17(3)18(4)32-23;/h7-12,15-16H,5-6,13-14H2,1-4H3;1H/q+1;/p-1. The van der Waals surface area contributed by atoms with Gasteiger partial charge in [0, 0.05) is 28.3 Å². The van der Waals surface area contributed by atoms with E-state index in [9.17, 15) is 0 Å². The first-order valence-corrected chi connectivity index (χ1v) is 11.6. The molecule has 0 saturated carbocycles.